The summed E-state index contributed by atoms with van der Waals surface area (Å²) in [4.78, 5) is 10.7. The van der Waals surface area contributed by atoms with Crippen molar-refractivity contribution in [3.63, 3.8) is 0 Å². The highest BCUT2D eigenvalue weighted by molar-refractivity contribution is 6.69. The normalized spacial score (nSPS) is 9.64. The van der Waals surface area contributed by atoms with Crippen molar-refractivity contribution in [2.75, 3.05) is 0 Å². The van der Waals surface area contributed by atoms with Gasteiger partial charge in [-0.15, -0.1) is 0 Å². The zero-order valence-corrected chi connectivity index (χ0v) is 7.41. The zero-order valence-electron chi connectivity index (χ0n) is 5.90. The number of benzene rings is 1. The van der Waals surface area contributed by atoms with Crippen molar-refractivity contribution in [3.8, 4) is 0 Å². The molecule has 11 heavy (non-hydrogen) atoms. The van der Waals surface area contributed by atoms with Crippen molar-refractivity contribution >= 4 is 41.8 Å². The second-order valence-corrected chi connectivity index (χ2v) is 3.01. The van der Waals surface area contributed by atoms with Gasteiger partial charge in [0.05, 0.1) is 10.6 Å². The maximum absolute atomic E-state index is 10.7. The van der Waals surface area contributed by atoms with Gasteiger partial charge in [0.25, 0.3) is 5.24 Å². The maximum atomic E-state index is 10.7. The Bertz CT molecular complexity index is 298. The molecule has 0 fully saturated rings. The second-order valence-electron chi connectivity index (χ2n) is 2.26. The van der Waals surface area contributed by atoms with Crippen molar-refractivity contribution < 1.29 is 4.79 Å². The van der Waals surface area contributed by atoms with Crippen LogP contribution in [0.15, 0.2) is 18.2 Å². The van der Waals surface area contributed by atoms with Crippen LogP contribution in [0.3, 0.4) is 0 Å². The fourth-order valence-electron chi connectivity index (χ4n) is 0.790. The number of carbonyl (C=O) groups excluding carboxylic acids is 1. The maximum Gasteiger partial charge on any atom is 0.253 e. The Hall–Kier alpha value is -0.465. The summed E-state index contributed by atoms with van der Waals surface area (Å²) in [7, 11) is 1.87. The molecule has 0 radical (unpaired) electrons. The van der Waals surface area contributed by atoms with Crippen molar-refractivity contribution in [1.29, 1.82) is 0 Å². The van der Waals surface area contributed by atoms with E-state index in [4.69, 9.17) is 23.2 Å². The van der Waals surface area contributed by atoms with Gasteiger partial charge in [-0.25, -0.2) is 0 Å². The molecule has 0 spiro atoms. The Balaban J connectivity index is 3.23. The molecule has 1 nitrogen and oxygen atoms in total. The fraction of sp³-hybridized carbons (Fsp3) is 0. The van der Waals surface area contributed by atoms with Crippen LogP contribution in [0, 0.1) is 0 Å². The molecule has 0 saturated carbocycles. The van der Waals surface area contributed by atoms with Crippen LogP contribution in [-0.2, 0) is 0 Å². The minimum atomic E-state index is -0.515. The molecule has 0 saturated heterocycles. The summed E-state index contributed by atoms with van der Waals surface area (Å²) in [6, 6.07) is 5.15. The van der Waals surface area contributed by atoms with Crippen LogP contribution in [0.5, 0.6) is 0 Å². The molecule has 1 aromatic carbocycles. The highest BCUT2D eigenvalue weighted by Gasteiger charge is 2.05. The van der Waals surface area contributed by atoms with Crippen LogP contribution in [0.4, 0.5) is 0 Å². The summed E-state index contributed by atoms with van der Waals surface area (Å²) < 4.78 is 0. The molecular weight excluding hydrogens is 182 g/mol. The molecule has 0 aliphatic carbocycles. The van der Waals surface area contributed by atoms with E-state index in [0.29, 0.717) is 10.6 Å². The lowest BCUT2D eigenvalue weighted by Gasteiger charge is -1.98. The summed E-state index contributed by atoms with van der Waals surface area (Å²) >= 11 is 10.9. The van der Waals surface area contributed by atoms with Crippen LogP contribution in [0.25, 0.3) is 0 Å². The first kappa shape index (κ1) is 8.63. The van der Waals surface area contributed by atoms with Crippen molar-refractivity contribution in [2.24, 2.45) is 0 Å². The summed E-state index contributed by atoms with van der Waals surface area (Å²) in [5.74, 6) is 0. The van der Waals surface area contributed by atoms with E-state index in [1.807, 2.05) is 13.9 Å². The van der Waals surface area contributed by atoms with E-state index in [-0.39, 0.29) is 0 Å². The van der Waals surface area contributed by atoms with E-state index in [0.717, 1.165) is 5.46 Å². The van der Waals surface area contributed by atoms with Gasteiger partial charge in [0.1, 0.15) is 7.85 Å². The lowest BCUT2D eigenvalue weighted by molar-refractivity contribution is 0.108. The minimum Gasteiger partial charge on any atom is -0.276 e. The number of rotatable bonds is 1. The molecule has 1 aromatic rings. The highest BCUT2D eigenvalue weighted by Crippen LogP contribution is 2.15. The Kier molecular flexibility index (Phi) is 2.58. The molecule has 0 unspecified atom stereocenters. The first-order valence-electron chi connectivity index (χ1n) is 3.07. The Labute approximate surface area is 75.7 Å². The predicted molar refractivity (Wildman–Crippen MR) is 49.8 cm³/mol. The molecule has 0 amide bonds. The smallest absolute Gasteiger partial charge is 0.253 e. The van der Waals surface area contributed by atoms with Crippen molar-refractivity contribution in [1.82, 2.24) is 0 Å². The van der Waals surface area contributed by atoms with E-state index in [2.05, 4.69) is 0 Å². The van der Waals surface area contributed by atoms with Gasteiger partial charge in [0, 0.05) is 0 Å². The number of halogens is 2. The van der Waals surface area contributed by atoms with Crippen molar-refractivity contribution in [2.45, 2.75) is 0 Å². The molecule has 0 heterocycles. The second kappa shape index (κ2) is 3.29. The topological polar surface area (TPSA) is 17.1 Å². The van der Waals surface area contributed by atoms with Gasteiger partial charge in [0.15, 0.2) is 0 Å². The van der Waals surface area contributed by atoms with Crippen LogP contribution in [0.2, 0.25) is 5.02 Å². The van der Waals surface area contributed by atoms with Crippen LogP contribution >= 0.6 is 23.2 Å². The van der Waals surface area contributed by atoms with E-state index >= 15 is 0 Å². The highest BCUT2D eigenvalue weighted by atomic mass is 35.5. The molecule has 56 valence electrons. The minimum absolute atomic E-state index is 0.369. The molecule has 4 heteroatoms. The molecule has 0 aliphatic heterocycles. The van der Waals surface area contributed by atoms with Gasteiger partial charge >= 0.3 is 0 Å². The Morgan fingerprint density at radius 2 is 2.09 bits per heavy atom. The fourth-order valence-corrected chi connectivity index (χ4v) is 1.20. The third kappa shape index (κ3) is 1.98. The Morgan fingerprint density at radius 3 is 2.55 bits per heavy atom. The molecular formula is C7H5BCl2O. The summed E-state index contributed by atoms with van der Waals surface area (Å²) in [5, 5.41) is -0.116. The molecule has 0 N–H and O–H groups in total. The van der Waals surface area contributed by atoms with E-state index in [1.165, 1.54) is 0 Å². The molecule has 0 atom stereocenters. The molecule has 0 aromatic heterocycles. The van der Waals surface area contributed by atoms with Gasteiger partial charge in [-0.05, 0) is 17.7 Å². The van der Waals surface area contributed by atoms with Crippen LogP contribution in [-0.4, -0.2) is 13.1 Å². The lowest BCUT2D eigenvalue weighted by Crippen LogP contribution is -2.04. The summed E-state index contributed by atoms with van der Waals surface area (Å²) in [6.45, 7) is 0. The van der Waals surface area contributed by atoms with E-state index in [1.54, 1.807) is 12.1 Å². The standard InChI is InChI=1S/C7H5BCl2O/c8-4-1-2-6(9)5(3-4)7(10)11/h1-3H,8H2. The molecule has 0 aliphatic rings. The monoisotopic (exact) mass is 186 g/mol. The molecule has 0 bridgehead atoms. The Morgan fingerprint density at radius 1 is 1.45 bits per heavy atom. The summed E-state index contributed by atoms with van der Waals surface area (Å²) in [6.07, 6.45) is 0. The number of carbonyl (C=O) groups is 1. The van der Waals surface area contributed by atoms with Crippen LogP contribution in [0.1, 0.15) is 10.4 Å². The van der Waals surface area contributed by atoms with Gasteiger partial charge < -0.3 is 0 Å². The van der Waals surface area contributed by atoms with Crippen LogP contribution < -0.4 is 5.46 Å². The first-order chi connectivity index (χ1) is 5.11. The zero-order chi connectivity index (χ0) is 8.43. The van der Waals surface area contributed by atoms with Gasteiger partial charge in [0.2, 0.25) is 0 Å². The molecule has 1 rings (SSSR count). The predicted octanol–water partition coefficient (Wildman–Crippen LogP) is 0.977. The SMILES string of the molecule is Bc1ccc(Cl)c(C(=O)Cl)c1. The lowest BCUT2D eigenvalue weighted by atomic mass is 9.95. The van der Waals surface area contributed by atoms with E-state index in [9.17, 15) is 4.79 Å². The average Bonchev–Trinajstić information content (AvgIpc) is 1.94. The largest absolute Gasteiger partial charge is 0.276 e. The van der Waals surface area contributed by atoms with Crippen molar-refractivity contribution in [3.05, 3.63) is 28.8 Å². The average molecular weight is 187 g/mol. The number of hydrogen-bond acceptors (Lipinski definition) is 1. The summed E-state index contributed by atoms with van der Waals surface area (Å²) in [5.41, 5.74) is 1.34. The van der Waals surface area contributed by atoms with Gasteiger partial charge in [-0.3, -0.25) is 4.79 Å². The third-order valence-corrected chi connectivity index (χ3v) is 1.87. The number of hydrogen-bond donors (Lipinski definition) is 0. The van der Waals surface area contributed by atoms with Gasteiger partial charge in [-0.1, -0.05) is 29.2 Å². The van der Waals surface area contributed by atoms with E-state index < -0.39 is 5.24 Å². The van der Waals surface area contributed by atoms with Gasteiger partial charge in [-0.2, -0.15) is 0 Å². The quantitative estimate of drug-likeness (QED) is 0.472. The first-order valence-corrected chi connectivity index (χ1v) is 3.83. The third-order valence-electron chi connectivity index (χ3n) is 1.33.